The van der Waals surface area contributed by atoms with Gasteiger partial charge >= 0.3 is 5.97 Å². The summed E-state index contributed by atoms with van der Waals surface area (Å²) in [7, 11) is 0. The first-order valence-electron chi connectivity index (χ1n) is 3.64. The van der Waals surface area contributed by atoms with Gasteiger partial charge in [-0.1, -0.05) is 19.8 Å². The molecule has 1 N–H and O–H groups in total. The van der Waals surface area contributed by atoms with E-state index in [4.69, 9.17) is 9.84 Å². The molecule has 2 unspecified atom stereocenters. The lowest BCUT2D eigenvalue weighted by atomic mass is 10.2. The molecule has 0 bridgehead atoms. The molecule has 0 radical (unpaired) electrons. The minimum atomic E-state index is -0.818. The van der Waals surface area contributed by atoms with Crippen LogP contribution in [-0.2, 0) is 9.53 Å². The number of aliphatic carboxylic acids is 1. The van der Waals surface area contributed by atoms with Crippen molar-refractivity contribution in [2.45, 2.75) is 38.4 Å². The van der Waals surface area contributed by atoms with Gasteiger partial charge in [0.1, 0.15) is 0 Å². The molecule has 2 atom stereocenters. The van der Waals surface area contributed by atoms with Gasteiger partial charge in [-0.3, -0.25) is 0 Å². The SMILES string of the molecule is CCCCC1OC1C(=O)O. The van der Waals surface area contributed by atoms with E-state index in [2.05, 4.69) is 6.92 Å². The summed E-state index contributed by atoms with van der Waals surface area (Å²) < 4.78 is 4.88. The molecule has 0 aliphatic carbocycles. The normalized spacial score (nSPS) is 30.1. The van der Waals surface area contributed by atoms with Crippen LogP contribution in [0.3, 0.4) is 0 Å². The number of carboxylic acids is 1. The van der Waals surface area contributed by atoms with Crippen LogP contribution in [0.1, 0.15) is 26.2 Å². The Morgan fingerprint density at radius 1 is 1.70 bits per heavy atom. The van der Waals surface area contributed by atoms with Crippen molar-refractivity contribution in [3.05, 3.63) is 0 Å². The highest BCUT2D eigenvalue weighted by Crippen LogP contribution is 2.26. The maximum atomic E-state index is 10.2. The standard InChI is InChI=1S/C7H12O3/c1-2-3-4-5-6(10-5)7(8)9/h5-6H,2-4H2,1H3,(H,8,9). The predicted octanol–water partition coefficient (Wildman–Crippen LogP) is 1.03. The number of hydrogen-bond donors (Lipinski definition) is 1. The van der Waals surface area contributed by atoms with Crippen molar-refractivity contribution < 1.29 is 14.6 Å². The molecule has 0 amide bonds. The van der Waals surface area contributed by atoms with Gasteiger partial charge in [-0.15, -0.1) is 0 Å². The van der Waals surface area contributed by atoms with E-state index in [9.17, 15) is 4.79 Å². The smallest absolute Gasteiger partial charge is 0.335 e. The molecule has 0 saturated carbocycles. The first kappa shape index (κ1) is 7.54. The van der Waals surface area contributed by atoms with Crippen LogP contribution < -0.4 is 0 Å². The van der Waals surface area contributed by atoms with Crippen LogP contribution in [0.5, 0.6) is 0 Å². The van der Waals surface area contributed by atoms with Gasteiger partial charge in [0.2, 0.25) is 0 Å². The molecule has 1 saturated heterocycles. The van der Waals surface area contributed by atoms with Gasteiger partial charge in [-0.2, -0.15) is 0 Å². The van der Waals surface area contributed by atoms with Gasteiger partial charge in [0, 0.05) is 0 Å². The van der Waals surface area contributed by atoms with E-state index >= 15 is 0 Å². The fourth-order valence-electron chi connectivity index (χ4n) is 0.985. The van der Waals surface area contributed by atoms with E-state index in [1.54, 1.807) is 0 Å². The van der Waals surface area contributed by atoms with Gasteiger partial charge in [0.25, 0.3) is 0 Å². The zero-order chi connectivity index (χ0) is 7.56. The first-order chi connectivity index (χ1) is 4.75. The van der Waals surface area contributed by atoms with Gasteiger partial charge in [-0.05, 0) is 6.42 Å². The summed E-state index contributed by atoms with van der Waals surface area (Å²) in [5.41, 5.74) is 0. The van der Waals surface area contributed by atoms with Crippen LogP contribution in [0.25, 0.3) is 0 Å². The molecule has 10 heavy (non-hydrogen) atoms. The molecule has 58 valence electrons. The molecular weight excluding hydrogens is 132 g/mol. The summed E-state index contributed by atoms with van der Waals surface area (Å²) in [6, 6.07) is 0. The molecule has 1 heterocycles. The lowest BCUT2D eigenvalue weighted by Crippen LogP contribution is -2.07. The summed E-state index contributed by atoms with van der Waals surface area (Å²) in [4.78, 5) is 10.2. The number of carboxylic acid groups (broad SMARTS) is 1. The summed E-state index contributed by atoms with van der Waals surface area (Å²) in [6.07, 6.45) is 2.58. The highest BCUT2D eigenvalue weighted by Gasteiger charge is 2.44. The second-order valence-corrected chi connectivity index (χ2v) is 2.58. The monoisotopic (exact) mass is 144 g/mol. The fraction of sp³-hybridized carbons (Fsp3) is 0.857. The Bertz CT molecular complexity index is 133. The molecule has 0 spiro atoms. The Kier molecular flexibility index (Phi) is 2.27. The average Bonchev–Trinajstić information content (AvgIpc) is 2.62. The molecule has 3 nitrogen and oxygen atoms in total. The number of hydrogen-bond acceptors (Lipinski definition) is 2. The van der Waals surface area contributed by atoms with Crippen molar-refractivity contribution in [2.75, 3.05) is 0 Å². The quantitative estimate of drug-likeness (QED) is 0.599. The Balaban J connectivity index is 2.08. The number of epoxide rings is 1. The van der Waals surface area contributed by atoms with Crippen molar-refractivity contribution in [3.8, 4) is 0 Å². The van der Waals surface area contributed by atoms with E-state index in [1.165, 1.54) is 0 Å². The van der Waals surface area contributed by atoms with E-state index < -0.39 is 12.1 Å². The Hall–Kier alpha value is -0.570. The zero-order valence-electron chi connectivity index (χ0n) is 6.04. The fourth-order valence-corrected chi connectivity index (χ4v) is 0.985. The van der Waals surface area contributed by atoms with E-state index in [0.29, 0.717) is 0 Å². The van der Waals surface area contributed by atoms with Crippen molar-refractivity contribution >= 4 is 5.97 Å². The lowest BCUT2D eigenvalue weighted by molar-refractivity contribution is -0.138. The van der Waals surface area contributed by atoms with E-state index in [1.807, 2.05) is 0 Å². The van der Waals surface area contributed by atoms with Crippen LogP contribution in [0.2, 0.25) is 0 Å². The molecule has 1 rings (SSSR count). The number of unbranched alkanes of at least 4 members (excludes halogenated alkanes) is 1. The second-order valence-electron chi connectivity index (χ2n) is 2.58. The van der Waals surface area contributed by atoms with Gasteiger partial charge in [0.05, 0.1) is 6.10 Å². The minimum Gasteiger partial charge on any atom is -0.479 e. The molecule has 1 fully saturated rings. The van der Waals surface area contributed by atoms with E-state index in [0.717, 1.165) is 19.3 Å². The zero-order valence-corrected chi connectivity index (χ0v) is 6.04. The number of ether oxygens (including phenoxy) is 1. The molecular formula is C7H12O3. The lowest BCUT2D eigenvalue weighted by Gasteiger charge is -1.88. The van der Waals surface area contributed by atoms with E-state index in [-0.39, 0.29) is 6.10 Å². The molecule has 1 aliphatic heterocycles. The first-order valence-corrected chi connectivity index (χ1v) is 3.64. The minimum absolute atomic E-state index is 0.0115. The molecule has 3 heteroatoms. The van der Waals surface area contributed by atoms with Crippen LogP contribution in [0.15, 0.2) is 0 Å². The second kappa shape index (κ2) is 3.01. The van der Waals surface area contributed by atoms with Crippen LogP contribution in [0.4, 0.5) is 0 Å². The average molecular weight is 144 g/mol. The van der Waals surface area contributed by atoms with Gasteiger partial charge in [0.15, 0.2) is 6.10 Å². The molecule has 0 aromatic rings. The molecule has 0 aromatic carbocycles. The third kappa shape index (κ3) is 1.70. The van der Waals surface area contributed by atoms with Gasteiger partial charge in [-0.25, -0.2) is 4.79 Å². The number of carbonyl (C=O) groups is 1. The highest BCUT2D eigenvalue weighted by molar-refractivity contribution is 5.75. The number of rotatable bonds is 4. The maximum absolute atomic E-state index is 10.2. The van der Waals surface area contributed by atoms with Crippen molar-refractivity contribution in [1.29, 1.82) is 0 Å². The Labute approximate surface area is 60.0 Å². The highest BCUT2D eigenvalue weighted by atomic mass is 16.6. The molecule has 0 aromatic heterocycles. The Morgan fingerprint density at radius 3 is 2.80 bits per heavy atom. The summed E-state index contributed by atoms with van der Waals surface area (Å²) >= 11 is 0. The van der Waals surface area contributed by atoms with Crippen LogP contribution in [0, 0.1) is 0 Å². The summed E-state index contributed by atoms with van der Waals surface area (Å²) in [5.74, 6) is -0.818. The third-order valence-electron chi connectivity index (χ3n) is 1.67. The largest absolute Gasteiger partial charge is 0.479 e. The topological polar surface area (TPSA) is 49.8 Å². The van der Waals surface area contributed by atoms with Crippen LogP contribution in [-0.4, -0.2) is 23.3 Å². The summed E-state index contributed by atoms with van der Waals surface area (Å²) in [6.45, 7) is 2.08. The maximum Gasteiger partial charge on any atom is 0.335 e. The predicted molar refractivity (Wildman–Crippen MR) is 35.8 cm³/mol. The van der Waals surface area contributed by atoms with Crippen LogP contribution >= 0.6 is 0 Å². The van der Waals surface area contributed by atoms with Crippen molar-refractivity contribution in [1.82, 2.24) is 0 Å². The third-order valence-corrected chi connectivity index (χ3v) is 1.67. The van der Waals surface area contributed by atoms with Gasteiger partial charge < -0.3 is 9.84 Å². The van der Waals surface area contributed by atoms with Crippen molar-refractivity contribution in [2.24, 2.45) is 0 Å². The Morgan fingerprint density at radius 2 is 2.40 bits per heavy atom. The summed E-state index contributed by atoms with van der Waals surface area (Å²) in [5, 5.41) is 8.40. The molecule has 1 aliphatic rings. The van der Waals surface area contributed by atoms with Crippen molar-refractivity contribution in [3.63, 3.8) is 0 Å².